The first kappa shape index (κ1) is 15.2. The van der Waals surface area contributed by atoms with Gasteiger partial charge >= 0.3 is 0 Å². The van der Waals surface area contributed by atoms with Gasteiger partial charge in [0.15, 0.2) is 5.82 Å². The minimum atomic E-state index is -0.0773. The third kappa shape index (κ3) is 2.78. The maximum absolute atomic E-state index is 12.9. The number of fused-ring (bicyclic) bond motifs is 1. The summed E-state index contributed by atoms with van der Waals surface area (Å²) in [5.41, 5.74) is 0.965. The van der Waals surface area contributed by atoms with Crippen molar-refractivity contribution in [2.45, 2.75) is 23.0 Å². The Bertz CT molecular complexity index is 886. The van der Waals surface area contributed by atoms with E-state index in [1.54, 1.807) is 16.4 Å². The molecule has 1 aliphatic heterocycles. The van der Waals surface area contributed by atoms with Gasteiger partial charge in [-0.2, -0.15) is 5.10 Å². The van der Waals surface area contributed by atoms with Crippen molar-refractivity contribution in [1.29, 1.82) is 0 Å². The summed E-state index contributed by atoms with van der Waals surface area (Å²) >= 11 is 1.64. The minimum Gasteiger partial charge on any atom is -0.294 e. The normalized spacial score (nSPS) is 18.3. The number of amides is 1. The van der Waals surface area contributed by atoms with Crippen molar-refractivity contribution in [3.63, 3.8) is 0 Å². The Balaban J connectivity index is 1.60. The molecule has 0 spiro atoms. The Labute approximate surface area is 144 Å². The van der Waals surface area contributed by atoms with Crippen molar-refractivity contribution < 1.29 is 4.79 Å². The number of para-hydroxylation sites is 1. The Morgan fingerprint density at radius 1 is 1.21 bits per heavy atom. The highest BCUT2D eigenvalue weighted by atomic mass is 32.2. The second kappa shape index (κ2) is 6.28. The second-order valence-corrected chi connectivity index (χ2v) is 7.16. The average molecular weight is 338 g/mol. The standard InChI is InChI=1S/C18H18N4OS/c1-21-12-9-17(20-21)22-11-4-7-16(18(22)23)24-15-8-10-19-14-6-3-2-5-13(14)15/h2-3,5-6,8-10,12,16H,4,7,11H2,1H3/t16-/m1/s1. The molecule has 0 bridgehead atoms. The number of piperidine rings is 1. The fraction of sp³-hybridized carbons (Fsp3) is 0.278. The lowest BCUT2D eigenvalue weighted by Crippen LogP contribution is -2.43. The maximum atomic E-state index is 12.9. The smallest absolute Gasteiger partial charge is 0.241 e. The number of hydrogen-bond donors (Lipinski definition) is 0. The molecular weight excluding hydrogens is 320 g/mol. The molecule has 5 nitrogen and oxygen atoms in total. The fourth-order valence-electron chi connectivity index (χ4n) is 3.05. The quantitative estimate of drug-likeness (QED) is 0.735. The van der Waals surface area contributed by atoms with E-state index in [0.29, 0.717) is 0 Å². The maximum Gasteiger partial charge on any atom is 0.241 e. The predicted octanol–water partition coefficient (Wildman–Crippen LogP) is 3.26. The number of hydrogen-bond acceptors (Lipinski definition) is 4. The third-order valence-corrected chi connectivity index (χ3v) is 5.58. The Kier molecular flexibility index (Phi) is 3.98. The molecule has 4 rings (SSSR count). The van der Waals surface area contributed by atoms with Crippen molar-refractivity contribution in [3.8, 4) is 0 Å². The first-order valence-corrected chi connectivity index (χ1v) is 8.92. The van der Waals surface area contributed by atoms with Crippen LogP contribution in [-0.4, -0.2) is 32.5 Å². The number of pyridine rings is 1. The molecule has 1 aliphatic rings. The van der Waals surface area contributed by atoms with E-state index in [4.69, 9.17) is 0 Å². The zero-order chi connectivity index (χ0) is 16.5. The second-order valence-electron chi connectivity index (χ2n) is 5.91. The van der Waals surface area contributed by atoms with Crippen molar-refractivity contribution in [2.24, 2.45) is 7.05 Å². The van der Waals surface area contributed by atoms with E-state index in [0.717, 1.165) is 41.0 Å². The summed E-state index contributed by atoms with van der Waals surface area (Å²) in [6, 6.07) is 12.0. The summed E-state index contributed by atoms with van der Waals surface area (Å²) in [6.07, 6.45) is 5.57. The van der Waals surface area contributed by atoms with E-state index in [1.165, 1.54) is 0 Å². The van der Waals surface area contributed by atoms with E-state index >= 15 is 0 Å². The van der Waals surface area contributed by atoms with E-state index in [1.807, 2.05) is 54.7 Å². The van der Waals surface area contributed by atoms with Crippen molar-refractivity contribution in [2.75, 3.05) is 11.4 Å². The number of anilines is 1. The van der Waals surface area contributed by atoms with Gasteiger partial charge in [-0.15, -0.1) is 11.8 Å². The lowest BCUT2D eigenvalue weighted by atomic mass is 10.1. The number of rotatable bonds is 3. The molecule has 3 heterocycles. The highest BCUT2D eigenvalue weighted by Gasteiger charge is 2.31. The van der Waals surface area contributed by atoms with E-state index < -0.39 is 0 Å². The minimum absolute atomic E-state index is 0.0773. The molecule has 1 fully saturated rings. The fourth-order valence-corrected chi connectivity index (χ4v) is 4.31. The molecular formula is C18H18N4OS. The van der Waals surface area contributed by atoms with Crippen LogP contribution in [0.1, 0.15) is 12.8 Å². The first-order chi connectivity index (χ1) is 11.7. The molecule has 24 heavy (non-hydrogen) atoms. The van der Waals surface area contributed by atoms with Gasteiger partial charge in [0, 0.05) is 42.3 Å². The topological polar surface area (TPSA) is 51.0 Å². The van der Waals surface area contributed by atoms with Crippen molar-refractivity contribution >= 4 is 34.4 Å². The van der Waals surface area contributed by atoms with Crippen LogP contribution in [0.4, 0.5) is 5.82 Å². The highest BCUT2D eigenvalue weighted by molar-refractivity contribution is 8.00. The Morgan fingerprint density at radius 2 is 2.08 bits per heavy atom. The summed E-state index contributed by atoms with van der Waals surface area (Å²) in [5, 5.41) is 5.41. The molecule has 0 aliphatic carbocycles. The highest BCUT2D eigenvalue weighted by Crippen LogP contribution is 2.35. The lowest BCUT2D eigenvalue weighted by molar-refractivity contribution is -0.119. The first-order valence-electron chi connectivity index (χ1n) is 8.04. The summed E-state index contributed by atoms with van der Waals surface area (Å²) < 4.78 is 1.73. The number of aromatic nitrogens is 3. The summed E-state index contributed by atoms with van der Waals surface area (Å²) in [5.74, 6) is 0.887. The van der Waals surface area contributed by atoms with Gasteiger partial charge in [-0.25, -0.2) is 0 Å². The van der Waals surface area contributed by atoms with Gasteiger partial charge in [0.1, 0.15) is 0 Å². The van der Waals surface area contributed by atoms with Crippen LogP contribution in [0.5, 0.6) is 0 Å². The van der Waals surface area contributed by atoms with Gasteiger partial charge in [-0.05, 0) is 25.0 Å². The molecule has 1 aromatic carbocycles. The van der Waals surface area contributed by atoms with Crippen LogP contribution in [0.3, 0.4) is 0 Å². The zero-order valence-corrected chi connectivity index (χ0v) is 14.2. The average Bonchev–Trinajstić information content (AvgIpc) is 3.03. The zero-order valence-electron chi connectivity index (χ0n) is 13.4. The number of nitrogens with zero attached hydrogens (tertiary/aromatic N) is 4. The van der Waals surface area contributed by atoms with E-state index in [9.17, 15) is 4.79 Å². The van der Waals surface area contributed by atoms with E-state index in [2.05, 4.69) is 16.1 Å². The van der Waals surface area contributed by atoms with Crippen LogP contribution in [0, 0.1) is 0 Å². The molecule has 0 unspecified atom stereocenters. The Hall–Kier alpha value is -2.34. The van der Waals surface area contributed by atoms with Gasteiger partial charge in [-0.1, -0.05) is 18.2 Å². The monoisotopic (exact) mass is 338 g/mol. The summed E-state index contributed by atoms with van der Waals surface area (Å²) in [4.78, 5) is 20.2. The van der Waals surface area contributed by atoms with Crippen LogP contribution in [0.15, 0.2) is 53.7 Å². The van der Waals surface area contributed by atoms with Crippen LogP contribution in [-0.2, 0) is 11.8 Å². The molecule has 6 heteroatoms. The molecule has 3 aromatic rings. The number of carbonyl (C=O) groups excluding carboxylic acids is 1. The molecule has 2 aromatic heterocycles. The molecule has 0 N–H and O–H groups in total. The third-order valence-electron chi connectivity index (χ3n) is 4.24. The summed E-state index contributed by atoms with van der Waals surface area (Å²) in [7, 11) is 1.87. The van der Waals surface area contributed by atoms with Gasteiger partial charge < -0.3 is 0 Å². The number of carbonyl (C=O) groups is 1. The van der Waals surface area contributed by atoms with E-state index in [-0.39, 0.29) is 11.2 Å². The van der Waals surface area contributed by atoms with Crippen LogP contribution in [0.2, 0.25) is 0 Å². The molecule has 0 saturated carbocycles. The number of aryl methyl sites for hydroxylation is 1. The van der Waals surface area contributed by atoms with Gasteiger partial charge in [0.25, 0.3) is 0 Å². The van der Waals surface area contributed by atoms with Crippen LogP contribution in [0.25, 0.3) is 10.9 Å². The Morgan fingerprint density at radius 3 is 2.92 bits per heavy atom. The molecule has 1 saturated heterocycles. The van der Waals surface area contributed by atoms with Crippen LogP contribution < -0.4 is 4.90 Å². The molecule has 1 amide bonds. The number of benzene rings is 1. The summed E-state index contributed by atoms with van der Waals surface area (Å²) in [6.45, 7) is 0.740. The largest absolute Gasteiger partial charge is 0.294 e. The van der Waals surface area contributed by atoms with Crippen molar-refractivity contribution in [3.05, 3.63) is 48.8 Å². The molecule has 1 atom stereocenters. The van der Waals surface area contributed by atoms with Gasteiger partial charge in [0.05, 0.1) is 10.8 Å². The van der Waals surface area contributed by atoms with Gasteiger partial charge in [-0.3, -0.25) is 19.4 Å². The number of thioether (sulfide) groups is 1. The van der Waals surface area contributed by atoms with Crippen LogP contribution >= 0.6 is 11.8 Å². The lowest BCUT2D eigenvalue weighted by Gasteiger charge is -2.30. The van der Waals surface area contributed by atoms with Crippen molar-refractivity contribution in [1.82, 2.24) is 14.8 Å². The predicted molar refractivity (Wildman–Crippen MR) is 96.2 cm³/mol. The van der Waals surface area contributed by atoms with Gasteiger partial charge in [0.2, 0.25) is 5.91 Å². The molecule has 122 valence electrons. The SMILES string of the molecule is Cn1ccc(N2CCC[C@@H](Sc3ccnc4ccccc34)C2=O)n1. The molecule has 0 radical (unpaired) electrons.